The molecule has 0 radical (unpaired) electrons. The minimum atomic E-state index is -0.226. The number of pyridine rings is 1. The zero-order valence-electron chi connectivity index (χ0n) is 27.7. The maximum atomic E-state index is 6.35. The van der Waals surface area contributed by atoms with Gasteiger partial charge in [0.2, 0.25) is 0 Å². The van der Waals surface area contributed by atoms with Crippen molar-refractivity contribution in [3.05, 3.63) is 167 Å². The predicted molar refractivity (Wildman–Crippen MR) is 202 cm³/mol. The molecule has 1 aliphatic carbocycles. The molecule has 0 fully saturated rings. The molecule has 0 bridgehead atoms. The lowest BCUT2D eigenvalue weighted by Gasteiger charge is -2.27. The molecule has 2 aliphatic rings. The molecule has 4 heteroatoms. The van der Waals surface area contributed by atoms with Gasteiger partial charge in [0.1, 0.15) is 11.2 Å². The fourth-order valence-electron chi connectivity index (χ4n) is 7.70. The molecule has 4 nitrogen and oxygen atoms in total. The van der Waals surface area contributed by atoms with E-state index in [0.717, 1.165) is 80.6 Å². The van der Waals surface area contributed by atoms with Crippen LogP contribution in [0.4, 0.5) is 0 Å². The minimum Gasteiger partial charge on any atom is -0.456 e. The second kappa shape index (κ2) is 11.7. The molecule has 0 saturated carbocycles. The number of rotatable bonds is 5. The van der Waals surface area contributed by atoms with Crippen LogP contribution in [0.25, 0.3) is 50.0 Å². The minimum absolute atomic E-state index is 0.226. The van der Waals surface area contributed by atoms with Gasteiger partial charge in [-0.15, -0.1) is 0 Å². The summed E-state index contributed by atoms with van der Waals surface area (Å²) in [6, 6.07) is 44.6. The van der Waals surface area contributed by atoms with Gasteiger partial charge in [0.25, 0.3) is 0 Å². The summed E-state index contributed by atoms with van der Waals surface area (Å²) >= 11 is 0. The van der Waals surface area contributed by atoms with Crippen molar-refractivity contribution in [2.45, 2.75) is 38.5 Å². The number of aliphatic imine (C=N–C) groups is 2. The van der Waals surface area contributed by atoms with Gasteiger partial charge in [0.05, 0.1) is 17.1 Å². The zero-order valence-corrected chi connectivity index (χ0v) is 27.7. The molecule has 1 aliphatic heterocycles. The fourth-order valence-corrected chi connectivity index (χ4v) is 7.70. The molecule has 1 unspecified atom stereocenters. The number of fused-ring (bicyclic) bond motifs is 6. The first-order valence-corrected chi connectivity index (χ1v) is 17.1. The van der Waals surface area contributed by atoms with Crippen molar-refractivity contribution in [3.8, 4) is 22.4 Å². The Bertz CT molecular complexity index is 2490. The van der Waals surface area contributed by atoms with Crippen molar-refractivity contribution in [2.75, 3.05) is 0 Å². The van der Waals surface area contributed by atoms with Crippen LogP contribution < -0.4 is 0 Å². The van der Waals surface area contributed by atoms with Crippen LogP contribution in [0.15, 0.2) is 154 Å². The Morgan fingerprint density at radius 3 is 2.20 bits per heavy atom. The van der Waals surface area contributed by atoms with E-state index in [-0.39, 0.29) is 5.41 Å². The van der Waals surface area contributed by atoms with Gasteiger partial charge in [-0.25, -0.2) is 9.98 Å². The van der Waals surface area contributed by atoms with Gasteiger partial charge in [-0.05, 0) is 83.0 Å². The molecule has 3 heterocycles. The summed E-state index contributed by atoms with van der Waals surface area (Å²) in [6.45, 7) is 4.65. The smallest absolute Gasteiger partial charge is 0.160 e. The molecule has 0 N–H and O–H groups in total. The van der Waals surface area contributed by atoms with E-state index in [1.807, 2.05) is 30.5 Å². The van der Waals surface area contributed by atoms with E-state index >= 15 is 0 Å². The molecule has 1 atom stereocenters. The van der Waals surface area contributed by atoms with Gasteiger partial charge in [-0.1, -0.05) is 117 Å². The Labute approximate surface area is 286 Å². The number of benzene rings is 5. The first-order valence-electron chi connectivity index (χ1n) is 17.1. The molecule has 0 saturated heterocycles. The van der Waals surface area contributed by atoms with Gasteiger partial charge in [-0.3, -0.25) is 4.98 Å². The van der Waals surface area contributed by atoms with Crippen LogP contribution in [0.2, 0.25) is 0 Å². The van der Waals surface area contributed by atoms with Crippen LogP contribution in [0.3, 0.4) is 0 Å². The Kier molecular flexibility index (Phi) is 6.98. The van der Waals surface area contributed by atoms with E-state index in [9.17, 15) is 0 Å². The Balaban J connectivity index is 1.20. The lowest BCUT2D eigenvalue weighted by Crippen LogP contribution is -2.20. The summed E-state index contributed by atoms with van der Waals surface area (Å²) < 4.78 is 6.35. The van der Waals surface area contributed by atoms with Gasteiger partial charge >= 0.3 is 0 Å². The highest BCUT2D eigenvalue weighted by atomic mass is 16.3. The quantitative estimate of drug-likeness (QED) is 0.189. The van der Waals surface area contributed by atoms with Gasteiger partial charge in [0, 0.05) is 33.5 Å². The van der Waals surface area contributed by atoms with Crippen LogP contribution in [0, 0.1) is 0 Å². The number of aromatic nitrogens is 1. The molecule has 7 aromatic rings. The summed E-state index contributed by atoms with van der Waals surface area (Å²) in [4.78, 5) is 15.6. The van der Waals surface area contributed by atoms with E-state index in [1.165, 1.54) is 22.3 Å². The summed E-state index contributed by atoms with van der Waals surface area (Å²) in [6.07, 6.45) is 6.83. The van der Waals surface area contributed by atoms with Crippen LogP contribution in [0.1, 0.15) is 60.9 Å². The average Bonchev–Trinajstić information content (AvgIpc) is 3.64. The zero-order chi connectivity index (χ0) is 33.0. The summed E-state index contributed by atoms with van der Waals surface area (Å²) in [5.74, 6) is 0.705. The van der Waals surface area contributed by atoms with Crippen molar-refractivity contribution in [1.82, 2.24) is 4.98 Å². The molecular formula is C45H35N3O. The Morgan fingerprint density at radius 1 is 0.653 bits per heavy atom. The SMILES string of the molecule is CCC1(C)c2cc3c(cc2-c2ccnc(-c4cccc(C5=N/C(c6ccccc6)=C\CC/C(c6ccccc6)=N\5)c4)c21)oc1ccccc13. The highest BCUT2D eigenvalue weighted by molar-refractivity contribution is 6.14. The lowest BCUT2D eigenvalue weighted by atomic mass is 9.76. The summed E-state index contributed by atoms with van der Waals surface area (Å²) in [5.41, 5.74) is 13.9. The number of para-hydroxylation sites is 1. The molecule has 236 valence electrons. The van der Waals surface area contributed by atoms with Crippen LogP contribution in [-0.2, 0) is 5.41 Å². The number of hydrogen-bond donors (Lipinski definition) is 0. The third kappa shape index (κ3) is 4.86. The van der Waals surface area contributed by atoms with Gasteiger partial charge in [-0.2, -0.15) is 0 Å². The number of furan rings is 1. The lowest BCUT2D eigenvalue weighted by molar-refractivity contribution is 0.564. The predicted octanol–water partition coefficient (Wildman–Crippen LogP) is 11.4. The molecule has 9 rings (SSSR count). The molecule has 0 amide bonds. The summed E-state index contributed by atoms with van der Waals surface area (Å²) in [7, 11) is 0. The highest BCUT2D eigenvalue weighted by Crippen LogP contribution is 2.54. The standard InChI is InChI=1S/C45H35N3O/c1-3-45(2)37-27-36-33-20-10-11-23-40(33)49-41(36)28-35(37)34-24-25-46-43(42(34)45)31-18-12-19-32(26-31)44-47-38(29-14-6-4-7-15-29)21-13-22-39(48-44)30-16-8-5-9-17-30/h4-12,14-21,23-28H,3,13,22H2,1-2H3/b38-21-,47-44-,48-39+. The van der Waals surface area contributed by atoms with Crippen molar-refractivity contribution in [2.24, 2.45) is 9.98 Å². The van der Waals surface area contributed by atoms with E-state index in [1.54, 1.807) is 0 Å². The molecular weight excluding hydrogens is 599 g/mol. The molecule has 5 aromatic carbocycles. The second-order valence-corrected chi connectivity index (χ2v) is 13.2. The van der Waals surface area contributed by atoms with E-state index in [0.29, 0.717) is 5.84 Å². The Morgan fingerprint density at radius 2 is 1.39 bits per heavy atom. The number of allylic oxidation sites excluding steroid dienone is 1. The van der Waals surface area contributed by atoms with Crippen molar-refractivity contribution >= 4 is 39.2 Å². The second-order valence-electron chi connectivity index (χ2n) is 13.2. The van der Waals surface area contributed by atoms with E-state index in [2.05, 4.69) is 123 Å². The largest absolute Gasteiger partial charge is 0.456 e. The third-order valence-corrected chi connectivity index (χ3v) is 10.4. The van der Waals surface area contributed by atoms with Gasteiger partial charge in [0.15, 0.2) is 5.84 Å². The first kappa shape index (κ1) is 29.3. The maximum absolute atomic E-state index is 6.35. The van der Waals surface area contributed by atoms with Crippen LogP contribution in [-0.4, -0.2) is 16.5 Å². The van der Waals surface area contributed by atoms with Crippen molar-refractivity contribution in [3.63, 3.8) is 0 Å². The fraction of sp³-hybridized carbons (Fsp3) is 0.133. The monoisotopic (exact) mass is 633 g/mol. The summed E-state index contributed by atoms with van der Waals surface area (Å²) in [5, 5.41) is 2.31. The van der Waals surface area contributed by atoms with Crippen molar-refractivity contribution in [1.29, 1.82) is 0 Å². The molecule has 0 spiro atoms. The van der Waals surface area contributed by atoms with Crippen LogP contribution >= 0.6 is 0 Å². The highest BCUT2D eigenvalue weighted by Gasteiger charge is 2.41. The molecule has 49 heavy (non-hydrogen) atoms. The molecule has 2 aromatic heterocycles. The number of hydrogen-bond acceptors (Lipinski definition) is 4. The normalized spacial score (nSPS) is 20.3. The maximum Gasteiger partial charge on any atom is 0.160 e. The van der Waals surface area contributed by atoms with Crippen molar-refractivity contribution < 1.29 is 4.42 Å². The topological polar surface area (TPSA) is 50.8 Å². The van der Waals surface area contributed by atoms with Gasteiger partial charge < -0.3 is 4.42 Å². The third-order valence-electron chi connectivity index (χ3n) is 10.4. The van der Waals surface area contributed by atoms with E-state index < -0.39 is 0 Å². The first-order chi connectivity index (χ1) is 24.1. The van der Waals surface area contributed by atoms with Crippen LogP contribution in [0.5, 0.6) is 0 Å². The Hall–Kier alpha value is -5.87. The van der Waals surface area contributed by atoms with E-state index in [4.69, 9.17) is 19.4 Å². The average molecular weight is 634 g/mol. The number of nitrogens with zero attached hydrogens (tertiary/aromatic N) is 3. The number of amidine groups is 1.